The highest BCUT2D eigenvalue weighted by molar-refractivity contribution is 6.30. The smallest absolute Gasteiger partial charge is 0.303 e. The first-order valence-corrected chi connectivity index (χ1v) is 15.5. The molecule has 0 saturated carbocycles. The van der Waals surface area contributed by atoms with Crippen molar-refractivity contribution in [2.45, 2.75) is 78.0 Å². The van der Waals surface area contributed by atoms with Crippen LogP contribution in [0.1, 0.15) is 96.5 Å². The monoisotopic (exact) mass is 656 g/mol. The number of fused-ring (bicyclic) bond motifs is 2. The van der Waals surface area contributed by atoms with Gasteiger partial charge in [-0.05, 0) is 28.2 Å². The highest BCUT2D eigenvalue weighted by atomic mass is 16.7. The largest absolute Gasteiger partial charge is 0.463 e. The fourth-order valence-electron chi connectivity index (χ4n) is 6.25. The van der Waals surface area contributed by atoms with Gasteiger partial charge in [0.1, 0.15) is 18.8 Å². The third-order valence-corrected chi connectivity index (χ3v) is 8.29. The Morgan fingerprint density at radius 3 is 1.73 bits per heavy atom. The molecular weight excluding hydrogens is 620 g/mol. The summed E-state index contributed by atoms with van der Waals surface area (Å²) in [5, 5.41) is 0. The number of carbonyl (C=O) groups excluding carboxylic acids is 6. The van der Waals surface area contributed by atoms with E-state index >= 15 is 0 Å². The molecule has 2 aliphatic rings. The standard InChI is InChI=1S/C37H36O11/c1-18(2)23-11-13-24(14-12-23)25-15-16-28(31-30(25)32(42)26-9-7-8-10-27(26)33(31)43)34-36(46-21(5)40)37(47-22(6)41)35(45-20(4)39)29(48-34)17-44-19(3)38/h7-16,18,29,34-37H,17H2,1-6H3/t29-,34+,35-,36+,37+/m1/s1. The van der Waals surface area contributed by atoms with Crippen LogP contribution in [-0.2, 0) is 42.9 Å². The van der Waals surface area contributed by atoms with E-state index in [1.165, 1.54) is 6.92 Å². The number of rotatable bonds is 8. The van der Waals surface area contributed by atoms with Crippen LogP contribution < -0.4 is 0 Å². The van der Waals surface area contributed by atoms with Crippen LogP contribution in [0.3, 0.4) is 0 Å². The Morgan fingerprint density at radius 1 is 0.646 bits per heavy atom. The molecule has 3 aromatic carbocycles. The van der Waals surface area contributed by atoms with Gasteiger partial charge < -0.3 is 23.7 Å². The normalized spacial score (nSPS) is 21.5. The molecule has 1 heterocycles. The minimum Gasteiger partial charge on any atom is -0.463 e. The van der Waals surface area contributed by atoms with Crippen LogP contribution in [0, 0.1) is 0 Å². The van der Waals surface area contributed by atoms with Gasteiger partial charge in [0.15, 0.2) is 29.9 Å². The predicted molar refractivity (Wildman–Crippen MR) is 170 cm³/mol. The summed E-state index contributed by atoms with van der Waals surface area (Å²) >= 11 is 0. The van der Waals surface area contributed by atoms with Crippen molar-refractivity contribution in [3.05, 3.63) is 94.0 Å². The van der Waals surface area contributed by atoms with Gasteiger partial charge in [0.05, 0.1) is 0 Å². The van der Waals surface area contributed by atoms with Crippen LogP contribution in [0.15, 0.2) is 60.7 Å². The lowest BCUT2D eigenvalue weighted by Gasteiger charge is -2.45. The van der Waals surface area contributed by atoms with E-state index in [4.69, 9.17) is 23.7 Å². The SMILES string of the molecule is CC(=O)OC[C@H]1O[C@@H](c2ccc(-c3ccc(C(C)C)cc3)c3c2C(=O)c2ccccc2C3=O)[C@H](OC(C)=O)[C@@H](OC(C)=O)[C@@H]1OC(C)=O. The van der Waals surface area contributed by atoms with Crippen molar-refractivity contribution in [2.24, 2.45) is 0 Å². The maximum absolute atomic E-state index is 14.4. The molecule has 1 aliphatic heterocycles. The van der Waals surface area contributed by atoms with E-state index in [0.29, 0.717) is 11.1 Å². The maximum atomic E-state index is 14.4. The first-order chi connectivity index (χ1) is 22.8. The van der Waals surface area contributed by atoms with Crippen LogP contribution in [0.4, 0.5) is 0 Å². The lowest BCUT2D eigenvalue weighted by molar-refractivity contribution is -0.254. The molecule has 250 valence electrons. The Kier molecular flexibility index (Phi) is 9.90. The molecule has 0 radical (unpaired) electrons. The van der Waals surface area contributed by atoms with Gasteiger partial charge in [-0.3, -0.25) is 28.8 Å². The highest BCUT2D eigenvalue weighted by Crippen LogP contribution is 2.44. The zero-order chi connectivity index (χ0) is 34.9. The number of benzene rings is 3. The zero-order valence-electron chi connectivity index (χ0n) is 27.4. The average molecular weight is 657 g/mol. The van der Waals surface area contributed by atoms with E-state index in [-0.39, 0.29) is 33.7 Å². The van der Waals surface area contributed by atoms with E-state index in [1.807, 2.05) is 24.3 Å². The van der Waals surface area contributed by atoms with Gasteiger partial charge in [-0.1, -0.05) is 74.5 Å². The van der Waals surface area contributed by atoms with Gasteiger partial charge in [-0.2, -0.15) is 0 Å². The van der Waals surface area contributed by atoms with Gasteiger partial charge >= 0.3 is 23.9 Å². The Labute approximate surface area is 277 Å². The van der Waals surface area contributed by atoms with Crippen molar-refractivity contribution in [3.8, 4) is 11.1 Å². The van der Waals surface area contributed by atoms with Crippen molar-refractivity contribution in [1.29, 1.82) is 0 Å². The summed E-state index contributed by atoms with van der Waals surface area (Å²) in [5.74, 6) is -3.59. The quantitative estimate of drug-likeness (QED) is 0.185. The molecule has 11 nitrogen and oxygen atoms in total. The molecule has 1 fully saturated rings. The number of esters is 4. The van der Waals surface area contributed by atoms with E-state index < -0.39 is 72.6 Å². The van der Waals surface area contributed by atoms with Gasteiger partial charge in [-0.25, -0.2) is 0 Å². The molecule has 0 bridgehead atoms. The van der Waals surface area contributed by atoms with Gasteiger partial charge in [0.2, 0.25) is 0 Å². The molecule has 0 unspecified atom stereocenters. The number of ketones is 2. The Balaban J connectivity index is 1.76. The maximum Gasteiger partial charge on any atom is 0.303 e. The summed E-state index contributed by atoms with van der Waals surface area (Å²) in [6, 6.07) is 17.5. The van der Waals surface area contributed by atoms with Gasteiger partial charge in [-0.15, -0.1) is 0 Å². The molecule has 0 aromatic heterocycles. The van der Waals surface area contributed by atoms with E-state index in [9.17, 15) is 28.8 Å². The lowest BCUT2D eigenvalue weighted by Crippen LogP contribution is -2.59. The topological polar surface area (TPSA) is 149 Å². The first-order valence-electron chi connectivity index (χ1n) is 15.5. The molecular formula is C37H36O11. The van der Waals surface area contributed by atoms with Crippen LogP contribution in [0.2, 0.25) is 0 Å². The number of hydrogen-bond acceptors (Lipinski definition) is 11. The van der Waals surface area contributed by atoms with Crippen molar-refractivity contribution in [3.63, 3.8) is 0 Å². The average Bonchev–Trinajstić information content (AvgIpc) is 3.03. The van der Waals surface area contributed by atoms with Crippen molar-refractivity contribution in [2.75, 3.05) is 6.61 Å². The predicted octanol–water partition coefficient (Wildman–Crippen LogP) is 5.05. The molecule has 5 rings (SSSR count). The summed E-state index contributed by atoms with van der Waals surface area (Å²) in [5.41, 5.74) is 3.01. The third kappa shape index (κ3) is 6.77. The second-order valence-electron chi connectivity index (χ2n) is 12.1. The second-order valence-corrected chi connectivity index (χ2v) is 12.1. The highest BCUT2D eigenvalue weighted by Gasteiger charge is 2.53. The van der Waals surface area contributed by atoms with E-state index in [0.717, 1.165) is 26.3 Å². The summed E-state index contributed by atoms with van der Waals surface area (Å²) in [4.78, 5) is 77.6. The van der Waals surface area contributed by atoms with Crippen LogP contribution in [-0.4, -0.2) is 66.5 Å². The fourth-order valence-corrected chi connectivity index (χ4v) is 6.25. The number of ether oxygens (including phenoxy) is 5. The zero-order valence-corrected chi connectivity index (χ0v) is 27.4. The molecule has 1 saturated heterocycles. The van der Waals surface area contributed by atoms with Gasteiger partial charge in [0, 0.05) is 49.9 Å². The summed E-state index contributed by atoms with van der Waals surface area (Å²) in [6.07, 6.45) is -6.86. The molecule has 0 amide bonds. The van der Waals surface area contributed by atoms with Crippen molar-refractivity contribution < 1.29 is 52.5 Å². The fraction of sp³-hybridized carbons (Fsp3) is 0.351. The number of hydrogen-bond donors (Lipinski definition) is 0. The molecule has 0 spiro atoms. The molecule has 5 atom stereocenters. The number of carbonyl (C=O) groups is 6. The third-order valence-electron chi connectivity index (χ3n) is 8.29. The van der Waals surface area contributed by atoms with Crippen molar-refractivity contribution >= 4 is 35.4 Å². The molecule has 3 aromatic rings. The van der Waals surface area contributed by atoms with E-state index in [2.05, 4.69) is 13.8 Å². The lowest BCUT2D eigenvalue weighted by atomic mass is 9.76. The summed E-state index contributed by atoms with van der Waals surface area (Å²) < 4.78 is 28.4. The molecule has 1 aliphatic carbocycles. The van der Waals surface area contributed by atoms with Gasteiger partial charge in [0.25, 0.3) is 0 Å². The molecule has 0 N–H and O–H groups in total. The van der Waals surface area contributed by atoms with Crippen LogP contribution >= 0.6 is 0 Å². The van der Waals surface area contributed by atoms with E-state index in [1.54, 1.807) is 36.4 Å². The Morgan fingerprint density at radius 2 is 1.19 bits per heavy atom. The molecule has 48 heavy (non-hydrogen) atoms. The van der Waals surface area contributed by atoms with Crippen LogP contribution in [0.5, 0.6) is 0 Å². The summed E-state index contributed by atoms with van der Waals surface area (Å²) in [6.45, 7) is 8.27. The van der Waals surface area contributed by atoms with Crippen LogP contribution in [0.25, 0.3) is 11.1 Å². The minimum atomic E-state index is -1.45. The van der Waals surface area contributed by atoms with Crippen molar-refractivity contribution in [1.82, 2.24) is 0 Å². The Hall–Kier alpha value is -5.16. The molecule has 11 heteroatoms. The Bertz CT molecular complexity index is 1790. The second kappa shape index (κ2) is 13.9. The first kappa shape index (κ1) is 34.2. The summed E-state index contributed by atoms with van der Waals surface area (Å²) in [7, 11) is 0. The minimum absolute atomic E-state index is 0.0186.